The van der Waals surface area contributed by atoms with E-state index in [1.54, 1.807) is 0 Å². The smallest absolute Gasteiger partial charge is 0.270 e. The fourth-order valence-corrected chi connectivity index (χ4v) is 0.585. The van der Waals surface area contributed by atoms with Crippen molar-refractivity contribution in [1.82, 2.24) is 10.3 Å². The van der Waals surface area contributed by atoms with Crippen LogP contribution in [0.1, 0.15) is 0 Å². The highest BCUT2D eigenvalue weighted by atomic mass is 32.2. The van der Waals surface area contributed by atoms with Crippen LogP contribution in [0.5, 0.6) is 0 Å². The van der Waals surface area contributed by atoms with E-state index in [-0.39, 0.29) is 4.83 Å². The Labute approximate surface area is 78.5 Å². The lowest BCUT2D eigenvalue weighted by atomic mass is 10.6. The molecule has 90 valence electrons. The summed E-state index contributed by atoms with van der Waals surface area (Å²) in [6.07, 6.45) is -5.49. The van der Waals surface area contributed by atoms with Crippen molar-refractivity contribution >= 4 is 15.9 Å². The summed E-state index contributed by atoms with van der Waals surface area (Å²) in [5.41, 5.74) is -5.47. The van der Waals surface area contributed by atoms with Crippen LogP contribution in [0, 0.1) is 0 Å². The molecule has 0 fully saturated rings. The van der Waals surface area contributed by atoms with E-state index < -0.39 is 27.6 Å². The Balaban J connectivity index is 4.51. The second-order valence-electron chi connectivity index (χ2n) is 2.00. The molecule has 0 heterocycles. The van der Waals surface area contributed by atoms with E-state index >= 15 is 0 Å². The summed E-state index contributed by atoms with van der Waals surface area (Å²) in [6, 6.07) is 0. The average Bonchev–Trinajstić information content (AvgIpc) is 1.96. The summed E-state index contributed by atoms with van der Waals surface area (Å²) in [6.45, 7) is 0. The molecule has 0 rings (SSSR count). The number of amides is 1. The van der Waals surface area contributed by atoms with Gasteiger partial charge in [-0.1, -0.05) is 0 Å². The van der Waals surface area contributed by atoms with Crippen molar-refractivity contribution in [3.8, 4) is 0 Å². The molecule has 0 radical (unpaired) electrons. The molecule has 0 unspecified atom stereocenters. The van der Waals surface area contributed by atoms with Crippen LogP contribution in [0.15, 0.2) is 0 Å². The van der Waals surface area contributed by atoms with Crippen LogP contribution in [0.2, 0.25) is 0 Å². The molecule has 15 heavy (non-hydrogen) atoms. The fraction of sp³-hybridized carbons (Fsp3) is 0.667. The molecule has 12 heteroatoms. The highest BCUT2D eigenvalue weighted by Gasteiger charge is 2.47. The van der Waals surface area contributed by atoms with E-state index in [2.05, 4.69) is 0 Å². The molecule has 2 N–H and O–H groups in total. The van der Waals surface area contributed by atoms with Gasteiger partial charge in [0.05, 0.1) is 0 Å². The Morgan fingerprint density at radius 2 is 1.40 bits per heavy atom. The summed E-state index contributed by atoms with van der Waals surface area (Å²) in [5, 5.41) is 0. The first kappa shape index (κ1) is 14.0. The maximum Gasteiger partial charge on any atom is 0.513 e. The van der Waals surface area contributed by atoms with E-state index in [1.165, 1.54) is 0 Å². The summed E-state index contributed by atoms with van der Waals surface area (Å²) < 4.78 is 88.8. The lowest BCUT2D eigenvalue weighted by Gasteiger charge is -2.11. The number of halogens is 6. The zero-order valence-electron chi connectivity index (χ0n) is 6.40. The predicted octanol–water partition coefficient (Wildman–Crippen LogP) is 0.0191. The Kier molecular flexibility index (Phi) is 3.58. The lowest BCUT2D eigenvalue weighted by molar-refractivity contribution is -0.174. The zero-order chi connectivity index (χ0) is 12.5. The topological polar surface area (TPSA) is 75.3 Å². The zero-order valence-corrected chi connectivity index (χ0v) is 7.22. The van der Waals surface area contributed by atoms with Crippen LogP contribution in [0.25, 0.3) is 0 Å². The van der Waals surface area contributed by atoms with Gasteiger partial charge in [0.2, 0.25) is 0 Å². The van der Waals surface area contributed by atoms with Crippen molar-refractivity contribution in [2.45, 2.75) is 11.7 Å². The second kappa shape index (κ2) is 3.84. The molecular formula is C3H2F6N2O3S. The molecule has 0 aromatic carbocycles. The van der Waals surface area contributed by atoms with Gasteiger partial charge in [-0.2, -0.15) is 26.3 Å². The van der Waals surface area contributed by atoms with Crippen molar-refractivity contribution in [2.75, 3.05) is 0 Å². The number of carbonyl (C=O) groups excluding carboxylic acids is 1. The highest BCUT2D eigenvalue weighted by molar-refractivity contribution is 7.90. The van der Waals surface area contributed by atoms with Gasteiger partial charge >= 0.3 is 27.6 Å². The minimum atomic E-state index is -6.04. The van der Waals surface area contributed by atoms with Crippen molar-refractivity contribution in [2.24, 2.45) is 0 Å². The third-order valence-electron chi connectivity index (χ3n) is 0.861. The van der Waals surface area contributed by atoms with Gasteiger partial charge in [-0.05, 0) is 0 Å². The summed E-state index contributed by atoms with van der Waals surface area (Å²) in [7, 11) is -6.04. The van der Waals surface area contributed by atoms with E-state index in [1.807, 2.05) is 0 Å². The molecule has 1 amide bonds. The Bertz CT molecular complexity index is 342. The maximum absolute atomic E-state index is 11.5. The Morgan fingerprint density at radius 3 is 1.67 bits per heavy atom. The van der Waals surface area contributed by atoms with Crippen LogP contribution in [-0.2, 0) is 14.8 Å². The van der Waals surface area contributed by atoms with Crippen LogP contribution in [-0.4, -0.2) is 26.0 Å². The molecule has 5 nitrogen and oxygen atoms in total. The fourth-order valence-electron chi connectivity index (χ4n) is 0.242. The minimum Gasteiger partial charge on any atom is -0.270 e. The quantitative estimate of drug-likeness (QED) is 0.543. The first-order chi connectivity index (χ1) is 6.38. The normalized spacial score (nSPS) is 13.7. The van der Waals surface area contributed by atoms with Crippen LogP contribution < -0.4 is 10.3 Å². The maximum atomic E-state index is 11.5. The largest absolute Gasteiger partial charge is 0.513 e. The number of hydrogen-bond acceptors (Lipinski definition) is 3. The molecule has 0 aromatic rings. The van der Waals surface area contributed by atoms with Gasteiger partial charge in [0.15, 0.2) is 0 Å². The SMILES string of the molecule is O=C(NNS(=O)(=O)C(F)(F)F)C(F)(F)F. The molecule has 0 aliphatic carbocycles. The third-order valence-corrected chi connectivity index (χ3v) is 1.84. The Hall–Kier alpha value is -1.04. The van der Waals surface area contributed by atoms with Crippen LogP contribution in [0.4, 0.5) is 26.3 Å². The molecule has 0 saturated carbocycles. The van der Waals surface area contributed by atoms with E-state index in [9.17, 15) is 39.6 Å². The number of sulfonamides is 1. The summed E-state index contributed by atoms with van der Waals surface area (Å²) in [5.74, 6) is -2.87. The van der Waals surface area contributed by atoms with Crippen molar-refractivity contribution in [3.63, 3.8) is 0 Å². The number of carbonyl (C=O) groups is 1. The number of alkyl halides is 6. The number of hydrazine groups is 1. The molecule has 0 spiro atoms. The number of hydrogen-bond donors (Lipinski definition) is 2. The van der Waals surface area contributed by atoms with Gasteiger partial charge in [-0.3, -0.25) is 10.2 Å². The highest BCUT2D eigenvalue weighted by Crippen LogP contribution is 2.21. The monoisotopic (exact) mass is 260 g/mol. The molecule has 0 aromatic heterocycles. The van der Waals surface area contributed by atoms with Crippen LogP contribution >= 0.6 is 0 Å². The summed E-state index contributed by atoms with van der Waals surface area (Å²) >= 11 is 0. The first-order valence-electron chi connectivity index (χ1n) is 2.83. The van der Waals surface area contributed by atoms with Gasteiger partial charge < -0.3 is 0 Å². The second-order valence-corrected chi connectivity index (χ2v) is 3.68. The van der Waals surface area contributed by atoms with Crippen molar-refractivity contribution in [1.29, 1.82) is 0 Å². The molecular weight excluding hydrogens is 258 g/mol. The molecule has 0 bridgehead atoms. The van der Waals surface area contributed by atoms with Crippen molar-refractivity contribution < 1.29 is 39.6 Å². The predicted molar refractivity (Wildman–Crippen MR) is 32.3 cm³/mol. The van der Waals surface area contributed by atoms with Gasteiger partial charge in [0.25, 0.3) is 0 Å². The standard InChI is InChI=1S/C3H2F6N2O3S/c4-2(5,6)1(12)10-11-15(13,14)3(7,8)9/h11H,(H,10,12). The lowest BCUT2D eigenvalue weighted by Crippen LogP contribution is -2.51. The Morgan fingerprint density at radius 1 is 1.00 bits per heavy atom. The number of rotatable bonds is 2. The van der Waals surface area contributed by atoms with E-state index in [0.29, 0.717) is 5.43 Å². The minimum absolute atomic E-state index is 0.233. The van der Waals surface area contributed by atoms with E-state index in [0.717, 1.165) is 0 Å². The van der Waals surface area contributed by atoms with Crippen molar-refractivity contribution in [3.05, 3.63) is 0 Å². The molecule has 0 saturated heterocycles. The van der Waals surface area contributed by atoms with Gasteiger partial charge in [-0.25, -0.2) is 8.42 Å². The van der Waals surface area contributed by atoms with Crippen LogP contribution in [0.3, 0.4) is 0 Å². The number of nitrogens with one attached hydrogen (secondary N) is 2. The average molecular weight is 260 g/mol. The first-order valence-corrected chi connectivity index (χ1v) is 4.31. The van der Waals surface area contributed by atoms with Gasteiger partial charge in [0.1, 0.15) is 0 Å². The molecule has 0 atom stereocenters. The molecule has 0 aliphatic heterocycles. The summed E-state index contributed by atoms with van der Waals surface area (Å²) in [4.78, 5) is 10.1. The molecule has 0 aliphatic rings. The van der Waals surface area contributed by atoms with E-state index in [4.69, 9.17) is 0 Å². The van der Waals surface area contributed by atoms with Gasteiger partial charge in [0, 0.05) is 0 Å². The third kappa shape index (κ3) is 3.91. The van der Waals surface area contributed by atoms with Gasteiger partial charge in [-0.15, -0.1) is 4.83 Å².